The molecule has 1 fully saturated rings. The lowest BCUT2D eigenvalue weighted by molar-refractivity contribution is 0.184. The number of nitrogens with one attached hydrogen (secondary N) is 1. The van der Waals surface area contributed by atoms with Crippen molar-refractivity contribution in [1.82, 2.24) is 15.0 Å². The first-order valence-electron chi connectivity index (χ1n) is 9.88. The zero-order valence-electron chi connectivity index (χ0n) is 16.9. The zero-order valence-corrected chi connectivity index (χ0v) is 17.7. The highest BCUT2D eigenvalue weighted by Crippen LogP contribution is 2.28. The first-order chi connectivity index (χ1) is 14.1. The van der Waals surface area contributed by atoms with Crippen LogP contribution in [0.15, 0.2) is 53.1 Å². The molecule has 0 bridgehead atoms. The molecular formula is C22H26ClN5O2. The molecule has 30 heavy (non-hydrogen) atoms. The number of aryl methyl sites for hydroxylation is 1. The number of aromatic nitrogens is 2. The van der Waals surface area contributed by atoms with Crippen LogP contribution in [0, 0.1) is 6.92 Å². The molecule has 2 heterocycles. The van der Waals surface area contributed by atoms with Crippen molar-refractivity contribution in [3.8, 4) is 11.4 Å². The largest absolute Gasteiger partial charge is 0.339 e. The molecule has 0 saturated carbocycles. The zero-order chi connectivity index (χ0) is 20.2. The van der Waals surface area contributed by atoms with Gasteiger partial charge in [-0.2, -0.15) is 4.98 Å². The van der Waals surface area contributed by atoms with Crippen molar-refractivity contribution in [1.29, 1.82) is 0 Å². The van der Waals surface area contributed by atoms with E-state index in [0.717, 1.165) is 41.8 Å². The molecule has 3 N–H and O–H groups in total. The number of likely N-dealkylation sites (tertiary alicyclic amines) is 1. The van der Waals surface area contributed by atoms with Gasteiger partial charge in [0.1, 0.15) is 0 Å². The normalized spacial score (nSPS) is 16.1. The van der Waals surface area contributed by atoms with Gasteiger partial charge < -0.3 is 20.5 Å². The number of amides is 2. The standard InChI is InChI=1S/C22H25N5O2.ClH/c1-15-4-2-6-19(12-15)24-22(28)27-11-3-5-18(14-27)21-25-20(26-29-21)17-9-7-16(13-23)8-10-17;/h2,4,6-10,12,18H,3,5,11,13-14,23H2,1H3,(H,24,28);1H. The number of anilines is 1. The van der Waals surface area contributed by atoms with Gasteiger partial charge in [-0.3, -0.25) is 0 Å². The number of carbonyl (C=O) groups is 1. The summed E-state index contributed by atoms with van der Waals surface area (Å²) in [5, 5.41) is 7.10. The second-order valence-electron chi connectivity index (χ2n) is 7.44. The maximum Gasteiger partial charge on any atom is 0.321 e. The van der Waals surface area contributed by atoms with Gasteiger partial charge in [-0.05, 0) is 43.0 Å². The molecule has 0 spiro atoms. The fourth-order valence-corrected chi connectivity index (χ4v) is 3.60. The third kappa shape index (κ3) is 4.98. The molecular weight excluding hydrogens is 402 g/mol. The van der Waals surface area contributed by atoms with E-state index in [4.69, 9.17) is 10.3 Å². The predicted molar refractivity (Wildman–Crippen MR) is 119 cm³/mol. The van der Waals surface area contributed by atoms with Crippen LogP contribution in [0.1, 0.15) is 35.8 Å². The Morgan fingerprint density at radius 3 is 2.80 bits per heavy atom. The Balaban J connectivity index is 0.00000256. The summed E-state index contributed by atoms with van der Waals surface area (Å²) in [5.74, 6) is 1.18. The Labute approximate surface area is 182 Å². The Hall–Kier alpha value is -2.90. The molecule has 1 aromatic heterocycles. The molecule has 2 amide bonds. The van der Waals surface area contributed by atoms with Crippen molar-refractivity contribution in [2.45, 2.75) is 32.2 Å². The molecule has 7 nitrogen and oxygen atoms in total. The molecule has 0 aliphatic carbocycles. The first-order valence-corrected chi connectivity index (χ1v) is 9.88. The third-order valence-corrected chi connectivity index (χ3v) is 5.22. The summed E-state index contributed by atoms with van der Waals surface area (Å²) in [5.41, 5.74) is 9.51. The van der Waals surface area contributed by atoms with Crippen LogP contribution < -0.4 is 11.1 Å². The highest BCUT2D eigenvalue weighted by Gasteiger charge is 2.28. The summed E-state index contributed by atoms with van der Waals surface area (Å²) >= 11 is 0. The van der Waals surface area contributed by atoms with Crippen molar-refractivity contribution in [2.24, 2.45) is 5.73 Å². The number of hydrogen-bond acceptors (Lipinski definition) is 5. The minimum atomic E-state index is -0.0996. The average Bonchev–Trinajstić information content (AvgIpc) is 3.24. The van der Waals surface area contributed by atoms with Crippen LogP contribution in [-0.2, 0) is 6.54 Å². The van der Waals surface area contributed by atoms with E-state index >= 15 is 0 Å². The van der Waals surface area contributed by atoms with Crippen LogP contribution >= 0.6 is 12.4 Å². The predicted octanol–water partition coefficient (Wildman–Crippen LogP) is 4.34. The molecule has 8 heteroatoms. The van der Waals surface area contributed by atoms with E-state index in [1.165, 1.54) is 0 Å². The molecule has 1 aliphatic rings. The van der Waals surface area contributed by atoms with Gasteiger partial charge in [-0.1, -0.05) is 41.6 Å². The number of benzene rings is 2. The summed E-state index contributed by atoms with van der Waals surface area (Å²) in [4.78, 5) is 19.1. The van der Waals surface area contributed by atoms with Gasteiger partial charge in [0.2, 0.25) is 11.7 Å². The highest BCUT2D eigenvalue weighted by molar-refractivity contribution is 5.89. The number of nitrogens with zero attached hydrogens (tertiary/aromatic N) is 3. The molecule has 1 saturated heterocycles. The summed E-state index contributed by atoms with van der Waals surface area (Å²) in [7, 11) is 0. The molecule has 1 atom stereocenters. The molecule has 1 aliphatic heterocycles. The maximum absolute atomic E-state index is 12.7. The SMILES string of the molecule is Cc1cccc(NC(=O)N2CCCC(c3nc(-c4ccc(CN)cc4)no3)C2)c1.Cl. The van der Waals surface area contributed by atoms with Gasteiger partial charge >= 0.3 is 6.03 Å². The minimum Gasteiger partial charge on any atom is -0.339 e. The number of carbonyl (C=O) groups excluding carboxylic acids is 1. The van der Waals surface area contributed by atoms with E-state index < -0.39 is 0 Å². The van der Waals surface area contributed by atoms with Gasteiger partial charge in [-0.25, -0.2) is 4.79 Å². The van der Waals surface area contributed by atoms with Crippen molar-refractivity contribution in [3.63, 3.8) is 0 Å². The van der Waals surface area contributed by atoms with E-state index in [2.05, 4.69) is 15.5 Å². The van der Waals surface area contributed by atoms with Gasteiger partial charge in [0.05, 0.1) is 5.92 Å². The number of piperidine rings is 1. The second kappa shape index (κ2) is 9.73. The van der Waals surface area contributed by atoms with Crippen LogP contribution in [0.5, 0.6) is 0 Å². The quantitative estimate of drug-likeness (QED) is 0.645. The number of hydrogen-bond donors (Lipinski definition) is 2. The van der Waals surface area contributed by atoms with Crippen molar-refractivity contribution < 1.29 is 9.32 Å². The van der Waals surface area contributed by atoms with Crippen molar-refractivity contribution >= 4 is 24.1 Å². The van der Waals surface area contributed by atoms with Gasteiger partial charge in [0, 0.05) is 30.9 Å². The molecule has 2 aromatic carbocycles. The van der Waals surface area contributed by atoms with E-state index in [-0.39, 0.29) is 24.4 Å². The summed E-state index contributed by atoms with van der Waals surface area (Å²) in [6.45, 7) is 3.78. The Bertz CT molecular complexity index is 989. The summed E-state index contributed by atoms with van der Waals surface area (Å²) in [6, 6.07) is 15.5. The maximum atomic E-state index is 12.7. The van der Waals surface area contributed by atoms with Crippen molar-refractivity contribution in [3.05, 3.63) is 65.5 Å². The molecule has 158 valence electrons. The fourth-order valence-electron chi connectivity index (χ4n) is 3.60. The molecule has 0 radical (unpaired) electrons. The topological polar surface area (TPSA) is 97.3 Å². The van der Waals surface area contributed by atoms with E-state index in [0.29, 0.717) is 24.8 Å². The molecule has 1 unspecified atom stereocenters. The first kappa shape index (κ1) is 21.8. The lowest BCUT2D eigenvalue weighted by Gasteiger charge is -2.31. The Morgan fingerprint density at radius 2 is 2.07 bits per heavy atom. The van der Waals surface area contributed by atoms with Gasteiger partial charge in [0.25, 0.3) is 0 Å². The molecule has 4 rings (SSSR count). The molecule has 3 aromatic rings. The number of nitrogens with two attached hydrogens (primary N) is 1. The monoisotopic (exact) mass is 427 g/mol. The Kier molecular flexibility index (Phi) is 7.07. The van der Waals surface area contributed by atoms with Crippen LogP contribution in [0.2, 0.25) is 0 Å². The van der Waals surface area contributed by atoms with Crippen LogP contribution in [-0.4, -0.2) is 34.2 Å². The summed E-state index contributed by atoms with van der Waals surface area (Å²) in [6.07, 6.45) is 1.82. The highest BCUT2D eigenvalue weighted by atomic mass is 35.5. The van der Waals surface area contributed by atoms with Gasteiger partial charge in [0.15, 0.2) is 0 Å². The van der Waals surface area contributed by atoms with Crippen LogP contribution in [0.25, 0.3) is 11.4 Å². The van der Waals surface area contributed by atoms with E-state index in [1.807, 2.05) is 60.4 Å². The van der Waals surface area contributed by atoms with Crippen LogP contribution in [0.4, 0.5) is 10.5 Å². The summed E-state index contributed by atoms with van der Waals surface area (Å²) < 4.78 is 5.53. The minimum absolute atomic E-state index is 0. The smallest absolute Gasteiger partial charge is 0.321 e. The third-order valence-electron chi connectivity index (χ3n) is 5.22. The Morgan fingerprint density at radius 1 is 1.27 bits per heavy atom. The number of halogens is 1. The van der Waals surface area contributed by atoms with Gasteiger partial charge in [-0.15, -0.1) is 12.4 Å². The number of urea groups is 1. The fraction of sp³-hybridized carbons (Fsp3) is 0.318. The van der Waals surface area contributed by atoms with E-state index in [9.17, 15) is 4.79 Å². The average molecular weight is 428 g/mol. The van der Waals surface area contributed by atoms with E-state index in [1.54, 1.807) is 0 Å². The second-order valence-corrected chi connectivity index (χ2v) is 7.44. The van der Waals surface area contributed by atoms with Crippen molar-refractivity contribution in [2.75, 3.05) is 18.4 Å². The lowest BCUT2D eigenvalue weighted by atomic mass is 9.98. The number of rotatable bonds is 4. The van der Waals surface area contributed by atoms with Crippen LogP contribution in [0.3, 0.4) is 0 Å². The lowest BCUT2D eigenvalue weighted by Crippen LogP contribution is -2.41.